The van der Waals surface area contributed by atoms with Gasteiger partial charge in [0.05, 0.1) is 0 Å². The molecule has 2 aromatic rings. The van der Waals surface area contributed by atoms with E-state index in [1.165, 1.54) is 0 Å². The van der Waals surface area contributed by atoms with E-state index in [0.29, 0.717) is 5.92 Å². The van der Waals surface area contributed by atoms with Gasteiger partial charge in [0, 0.05) is 29.7 Å². The smallest absolute Gasteiger partial charge is 0.253 e. The fourth-order valence-electron chi connectivity index (χ4n) is 3.38. The molecule has 0 saturated carbocycles. The van der Waals surface area contributed by atoms with Crippen molar-refractivity contribution in [2.24, 2.45) is 5.92 Å². The van der Waals surface area contributed by atoms with E-state index in [4.69, 9.17) is 11.6 Å². The van der Waals surface area contributed by atoms with Gasteiger partial charge < -0.3 is 10.2 Å². The Morgan fingerprint density at radius 2 is 1.76 bits per heavy atom. The van der Waals surface area contributed by atoms with Gasteiger partial charge in [-0.25, -0.2) is 0 Å². The molecule has 1 fully saturated rings. The summed E-state index contributed by atoms with van der Waals surface area (Å²) in [5.41, 5.74) is 1.92. The van der Waals surface area contributed by atoms with Crippen LogP contribution in [0, 0.1) is 5.92 Å². The number of nitrogens with zero attached hydrogens (tertiary/aromatic N) is 1. The van der Waals surface area contributed by atoms with Crippen LogP contribution >= 0.6 is 11.6 Å². The second-order valence-electron chi connectivity index (χ2n) is 6.75. The molecule has 1 N–H and O–H groups in total. The van der Waals surface area contributed by atoms with Gasteiger partial charge >= 0.3 is 0 Å². The van der Waals surface area contributed by atoms with Crippen LogP contribution in [0.3, 0.4) is 0 Å². The van der Waals surface area contributed by atoms with E-state index < -0.39 is 0 Å². The quantitative estimate of drug-likeness (QED) is 0.852. The first-order valence-corrected chi connectivity index (χ1v) is 9.35. The molecule has 1 unspecified atom stereocenters. The third-order valence-corrected chi connectivity index (χ3v) is 5.35. The lowest BCUT2D eigenvalue weighted by Crippen LogP contribution is -2.41. The van der Waals surface area contributed by atoms with Gasteiger partial charge in [0.15, 0.2) is 0 Å². The summed E-state index contributed by atoms with van der Waals surface area (Å²) < 4.78 is 0. The van der Waals surface area contributed by atoms with Crippen molar-refractivity contribution in [1.29, 1.82) is 0 Å². The Kier molecular flexibility index (Phi) is 6.11. The molecule has 1 heterocycles. The second-order valence-corrected chi connectivity index (χ2v) is 7.16. The average molecular weight is 357 g/mol. The van der Waals surface area contributed by atoms with E-state index in [9.17, 15) is 4.79 Å². The van der Waals surface area contributed by atoms with E-state index in [0.717, 1.165) is 48.6 Å². The SMILES string of the molecule is CC(NCC1CCN(C(=O)c2ccccc2)CC1)c1ccccc1Cl. The maximum atomic E-state index is 12.5. The summed E-state index contributed by atoms with van der Waals surface area (Å²) in [5, 5.41) is 4.41. The molecule has 0 aliphatic carbocycles. The van der Waals surface area contributed by atoms with Gasteiger partial charge in [0.2, 0.25) is 0 Å². The summed E-state index contributed by atoms with van der Waals surface area (Å²) in [4.78, 5) is 14.5. The number of hydrogen-bond acceptors (Lipinski definition) is 2. The molecule has 0 spiro atoms. The lowest BCUT2D eigenvalue weighted by Gasteiger charge is -2.33. The predicted octanol–water partition coefficient (Wildman–Crippen LogP) is 4.54. The van der Waals surface area contributed by atoms with Crippen molar-refractivity contribution in [2.75, 3.05) is 19.6 Å². The van der Waals surface area contributed by atoms with E-state index >= 15 is 0 Å². The van der Waals surface area contributed by atoms with Gasteiger partial charge in [-0.2, -0.15) is 0 Å². The van der Waals surface area contributed by atoms with E-state index in [1.807, 2.05) is 53.4 Å². The molecule has 2 aromatic carbocycles. The predicted molar refractivity (Wildman–Crippen MR) is 103 cm³/mol. The summed E-state index contributed by atoms with van der Waals surface area (Å²) in [7, 11) is 0. The fraction of sp³-hybridized carbons (Fsp3) is 0.381. The summed E-state index contributed by atoms with van der Waals surface area (Å²) in [6.07, 6.45) is 2.08. The summed E-state index contributed by atoms with van der Waals surface area (Å²) in [6.45, 7) is 4.77. The number of carbonyl (C=O) groups excluding carboxylic acids is 1. The molecule has 0 bridgehead atoms. The average Bonchev–Trinajstić information content (AvgIpc) is 2.67. The van der Waals surface area contributed by atoms with Gasteiger partial charge in [0.1, 0.15) is 0 Å². The Balaban J connectivity index is 1.47. The van der Waals surface area contributed by atoms with Crippen molar-refractivity contribution in [2.45, 2.75) is 25.8 Å². The summed E-state index contributed by atoms with van der Waals surface area (Å²) >= 11 is 6.27. The number of carbonyl (C=O) groups is 1. The van der Waals surface area contributed by atoms with Crippen LogP contribution in [0.5, 0.6) is 0 Å². The Bertz CT molecular complexity index is 696. The zero-order valence-electron chi connectivity index (χ0n) is 14.6. The Morgan fingerprint density at radius 1 is 1.12 bits per heavy atom. The first-order valence-electron chi connectivity index (χ1n) is 8.97. The monoisotopic (exact) mass is 356 g/mol. The number of piperidine rings is 1. The van der Waals surface area contributed by atoms with Gasteiger partial charge in [-0.05, 0) is 56.0 Å². The molecule has 4 heteroatoms. The Hall–Kier alpha value is -1.84. The third kappa shape index (κ3) is 4.62. The zero-order chi connectivity index (χ0) is 17.6. The standard InChI is InChI=1S/C21H25ClN2O/c1-16(19-9-5-6-10-20(19)22)23-15-17-11-13-24(14-12-17)21(25)18-7-3-2-4-8-18/h2-10,16-17,23H,11-15H2,1H3. The number of likely N-dealkylation sites (tertiary alicyclic amines) is 1. The number of halogens is 1. The van der Waals surface area contributed by atoms with Crippen LogP contribution in [0.15, 0.2) is 54.6 Å². The van der Waals surface area contributed by atoms with E-state index in [1.54, 1.807) is 0 Å². The van der Waals surface area contributed by atoms with Crippen LogP contribution in [0.1, 0.15) is 41.7 Å². The van der Waals surface area contributed by atoms with Crippen molar-refractivity contribution >= 4 is 17.5 Å². The second kappa shape index (κ2) is 8.50. The number of amides is 1. The minimum absolute atomic E-state index is 0.149. The van der Waals surface area contributed by atoms with Crippen molar-refractivity contribution in [1.82, 2.24) is 10.2 Å². The fourth-order valence-corrected chi connectivity index (χ4v) is 3.68. The number of rotatable bonds is 5. The minimum Gasteiger partial charge on any atom is -0.339 e. The summed E-state index contributed by atoms with van der Waals surface area (Å²) in [6, 6.07) is 17.8. The molecule has 1 saturated heterocycles. The van der Waals surface area contributed by atoms with Crippen molar-refractivity contribution in [3.8, 4) is 0 Å². The molecule has 3 nitrogen and oxygen atoms in total. The molecular weight excluding hydrogens is 332 g/mol. The first-order chi connectivity index (χ1) is 12.1. The Morgan fingerprint density at radius 3 is 2.44 bits per heavy atom. The topological polar surface area (TPSA) is 32.3 Å². The van der Waals surface area contributed by atoms with Crippen LogP contribution in [0.25, 0.3) is 0 Å². The van der Waals surface area contributed by atoms with Gasteiger partial charge in [-0.15, -0.1) is 0 Å². The van der Waals surface area contributed by atoms with E-state index in [-0.39, 0.29) is 11.9 Å². The Labute approximate surface area is 155 Å². The van der Waals surface area contributed by atoms with Gasteiger partial charge in [-0.3, -0.25) is 4.79 Å². The van der Waals surface area contributed by atoms with Crippen LogP contribution in [-0.2, 0) is 0 Å². The number of benzene rings is 2. The molecule has 1 aliphatic rings. The number of nitrogens with one attached hydrogen (secondary N) is 1. The lowest BCUT2D eigenvalue weighted by atomic mass is 9.95. The zero-order valence-corrected chi connectivity index (χ0v) is 15.4. The molecule has 25 heavy (non-hydrogen) atoms. The van der Waals surface area contributed by atoms with Crippen molar-refractivity contribution in [3.63, 3.8) is 0 Å². The van der Waals surface area contributed by atoms with Crippen LogP contribution in [0.2, 0.25) is 5.02 Å². The highest BCUT2D eigenvalue weighted by atomic mass is 35.5. The molecule has 0 radical (unpaired) electrons. The molecule has 1 amide bonds. The van der Waals surface area contributed by atoms with Crippen LogP contribution in [-0.4, -0.2) is 30.4 Å². The normalized spacial score (nSPS) is 16.6. The summed E-state index contributed by atoms with van der Waals surface area (Å²) in [5.74, 6) is 0.751. The van der Waals surface area contributed by atoms with Crippen molar-refractivity contribution in [3.05, 3.63) is 70.7 Å². The van der Waals surface area contributed by atoms with Crippen LogP contribution < -0.4 is 5.32 Å². The third-order valence-electron chi connectivity index (χ3n) is 5.01. The molecule has 0 aromatic heterocycles. The molecule has 132 valence electrons. The maximum absolute atomic E-state index is 12.5. The molecule has 1 atom stereocenters. The highest BCUT2D eigenvalue weighted by molar-refractivity contribution is 6.31. The lowest BCUT2D eigenvalue weighted by molar-refractivity contribution is 0.0689. The molecule has 3 rings (SSSR count). The highest BCUT2D eigenvalue weighted by Crippen LogP contribution is 2.24. The minimum atomic E-state index is 0.149. The van der Waals surface area contributed by atoms with Gasteiger partial charge in [0.25, 0.3) is 5.91 Å². The van der Waals surface area contributed by atoms with Gasteiger partial charge in [-0.1, -0.05) is 48.0 Å². The van der Waals surface area contributed by atoms with Crippen LogP contribution in [0.4, 0.5) is 0 Å². The highest BCUT2D eigenvalue weighted by Gasteiger charge is 2.23. The maximum Gasteiger partial charge on any atom is 0.253 e. The first kappa shape index (κ1) is 18.0. The van der Waals surface area contributed by atoms with Crippen molar-refractivity contribution < 1.29 is 4.79 Å². The van der Waals surface area contributed by atoms with E-state index in [2.05, 4.69) is 18.3 Å². The molecular formula is C21H25ClN2O. The largest absolute Gasteiger partial charge is 0.339 e. The molecule has 1 aliphatic heterocycles. The number of hydrogen-bond donors (Lipinski definition) is 1.